The molecule has 11 nitrogen and oxygen atoms in total. The summed E-state index contributed by atoms with van der Waals surface area (Å²) in [6.45, 7) is 3.60. The molecule has 1 N–H and O–H groups in total. The van der Waals surface area contributed by atoms with Crippen LogP contribution in [0.5, 0.6) is 5.75 Å². The lowest BCUT2D eigenvalue weighted by atomic mass is 10.2. The zero-order valence-electron chi connectivity index (χ0n) is 22.1. The number of fused-ring (bicyclic) bond motifs is 1. The Bertz CT molecular complexity index is 1500. The summed E-state index contributed by atoms with van der Waals surface area (Å²) in [6.07, 6.45) is 3.78. The van der Waals surface area contributed by atoms with Crippen molar-refractivity contribution in [1.82, 2.24) is 19.2 Å². The molecule has 0 saturated carbocycles. The minimum atomic E-state index is -0.370. The fraction of sp³-hybridized carbons (Fsp3) is 0.286. The van der Waals surface area contributed by atoms with E-state index < -0.39 is 0 Å². The lowest BCUT2D eigenvalue weighted by Crippen LogP contribution is -2.50. The fourth-order valence-corrected chi connectivity index (χ4v) is 4.69. The highest BCUT2D eigenvalue weighted by atomic mass is 16.5. The molecule has 1 aliphatic rings. The van der Waals surface area contributed by atoms with Gasteiger partial charge in [0.05, 0.1) is 30.3 Å². The van der Waals surface area contributed by atoms with Gasteiger partial charge in [-0.2, -0.15) is 0 Å². The molecule has 0 spiro atoms. The number of aromatic nitrogens is 2. The molecule has 39 heavy (non-hydrogen) atoms. The molecule has 4 aromatic rings. The van der Waals surface area contributed by atoms with E-state index in [0.29, 0.717) is 66.8 Å². The van der Waals surface area contributed by atoms with Gasteiger partial charge in [0.25, 0.3) is 11.8 Å². The first-order valence-electron chi connectivity index (χ1n) is 12.7. The summed E-state index contributed by atoms with van der Waals surface area (Å²) < 4.78 is 12.3. The number of imidazole rings is 1. The van der Waals surface area contributed by atoms with E-state index in [1.165, 1.54) is 11.2 Å². The standard InChI is InChI=1S/C28H30N6O5/c1-4-20-25(31(2)28(37)30-21-8-5-6-9-22(21)38-3)34-18-19(11-12-24(34)29-20)26(35)32-13-15-33(16-14-32)27(36)23-10-7-17-39-23/h5-12,17-18H,4,13-16H2,1-3H3,(H,30,37). The molecule has 0 unspecified atom stereocenters. The van der Waals surface area contributed by atoms with E-state index in [2.05, 4.69) is 10.3 Å². The highest BCUT2D eigenvalue weighted by Gasteiger charge is 2.28. The number of carbonyl (C=O) groups is 3. The Kier molecular flexibility index (Phi) is 7.22. The van der Waals surface area contributed by atoms with Gasteiger partial charge in [0.15, 0.2) is 5.76 Å². The number of ether oxygens (including phenoxy) is 1. The van der Waals surface area contributed by atoms with Gasteiger partial charge >= 0.3 is 6.03 Å². The van der Waals surface area contributed by atoms with E-state index in [1.807, 2.05) is 19.1 Å². The molecular formula is C28H30N6O5. The van der Waals surface area contributed by atoms with Crippen LogP contribution in [0.3, 0.4) is 0 Å². The number of amides is 4. The van der Waals surface area contributed by atoms with E-state index in [9.17, 15) is 14.4 Å². The molecule has 0 radical (unpaired) electrons. The Morgan fingerprint density at radius 3 is 2.38 bits per heavy atom. The normalized spacial score (nSPS) is 13.4. The van der Waals surface area contributed by atoms with Crippen molar-refractivity contribution in [2.24, 2.45) is 0 Å². The predicted molar refractivity (Wildman–Crippen MR) is 146 cm³/mol. The summed E-state index contributed by atoms with van der Waals surface area (Å²) >= 11 is 0. The minimum absolute atomic E-state index is 0.152. The average Bonchev–Trinajstić information content (AvgIpc) is 3.64. The van der Waals surface area contributed by atoms with Crippen molar-refractivity contribution in [2.75, 3.05) is 50.6 Å². The first-order valence-corrected chi connectivity index (χ1v) is 12.7. The van der Waals surface area contributed by atoms with Crippen molar-refractivity contribution in [3.05, 3.63) is 78.0 Å². The van der Waals surface area contributed by atoms with Crippen LogP contribution in [0.1, 0.15) is 33.5 Å². The quantitative estimate of drug-likeness (QED) is 0.406. The largest absolute Gasteiger partial charge is 0.495 e. The van der Waals surface area contributed by atoms with Crippen molar-refractivity contribution < 1.29 is 23.5 Å². The van der Waals surface area contributed by atoms with Crippen molar-refractivity contribution >= 4 is 35.0 Å². The van der Waals surface area contributed by atoms with Crippen molar-refractivity contribution in [3.8, 4) is 5.75 Å². The smallest absolute Gasteiger partial charge is 0.327 e. The van der Waals surface area contributed by atoms with Gasteiger partial charge in [0, 0.05) is 39.4 Å². The van der Waals surface area contributed by atoms with Crippen LogP contribution >= 0.6 is 0 Å². The third kappa shape index (κ3) is 5.02. The number of methoxy groups -OCH3 is 1. The summed E-state index contributed by atoms with van der Waals surface area (Å²) in [4.78, 5) is 48.8. The molecule has 4 heterocycles. The number of aryl methyl sites for hydroxylation is 1. The van der Waals surface area contributed by atoms with E-state index in [-0.39, 0.29) is 17.8 Å². The Morgan fingerprint density at radius 2 is 1.72 bits per heavy atom. The molecular weight excluding hydrogens is 500 g/mol. The highest BCUT2D eigenvalue weighted by Crippen LogP contribution is 2.27. The Morgan fingerprint density at radius 1 is 1.00 bits per heavy atom. The number of hydrogen-bond acceptors (Lipinski definition) is 6. The predicted octanol–water partition coefficient (Wildman–Crippen LogP) is 3.76. The molecule has 202 valence electrons. The summed E-state index contributed by atoms with van der Waals surface area (Å²) in [6, 6.07) is 13.6. The monoisotopic (exact) mass is 530 g/mol. The van der Waals surface area contributed by atoms with Crippen LogP contribution in [-0.2, 0) is 6.42 Å². The molecule has 0 atom stereocenters. The molecule has 4 amide bonds. The molecule has 1 aromatic carbocycles. The lowest BCUT2D eigenvalue weighted by Gasteiger charge is -2.34. The summed E-state index contributed by atoms with van der Waals surface area (Å²) in [5, 5.41) is 2.88. The van der Waals surface area contributed by atoms with E-state index in [4.69, 9.17) is 9.15 Å². The molecule has 1 fully saturated rings. The van der Waals surface area contributed by atoms with Gasteiger partial charge in [-0.1, -0.05) is 19.1 Å². The number of nitrogens with zero attached hydrogens (tertiary/aromatic N) is 5. The Labute approximate surface area is 225 Å². The Hall–Kier alpha value is -4.80. The number of hydrogen-bond donors (Lipinski definition) is 1. The van der Waals surface area contributed by atoms with Gasteiger partial charge in [-0.3, -0.25) is 18.9 Å². The van der Waals surface area contributed by atoms with Crippen LogP contribution in [0.25, 0.3) is 5.65 Å². The van der Waals surface area contributed by atoms with Gasteiger partial charge in [-0.25, -0.2) is 9.78 Å². The number of urea groups is 1. The molecule has 0 aliphatic carbocycles. The Balaban J connectivity index is 1.35. The maximum Gasteiger partial charge on any atom is 0.327 e. The molecule has 11 heteroatoms. The third-order valence-electron chi connectivity index (χ3n) is 6.80. The van der Waals surface area contributed by atoms with Crippen molar-refractivity contribution in [1.29, 1.82) is 0 Å². The number of furan rings is 1. The van der Waals surface area contributed by atoms with Gasteiger partial charge in [-0.05, 0) is 42.8 Å². The fourth-order valence-electron chi connectivity index (χ4n) is 4.69. The van der Waals surface area contributed by atoms with Crippen LogP contribution in [0.15, 0.2) is 65.4 Å². The minimum Gasteiger partial charge on any atom is -0.495 e. The summed E-state index contributed by atoms with van der Waals surface area (Å²) in [5.41, 5.74) is 2.36. The molecule has 3 aromatic heterocycles. The lowest BCUT2D eigenvalue weighted by molar-refractivity contribution is 0.0518. The van der Waals surface area contributed by atoms with Gasteiger partial charge in [0.1, 0.15) is 17.2 Å². The highest BCUT2D eigenvalue weighted by molar-refractivity contribution is 6.02. The summed E-state index contributed by atoms with van der Waals surface area (Å²) in [5.74, 6) is 1.08. The van der Waals surface area contributed by atoms with Crippen LogP contribution in [-0.4, -0.2) is 77.4 Å². The molecule has 1 aliphatic heterocycles. The second-order valence-corrected chi connectivity index (χ2v) is 9.13. The van der Waals surface area contributed by atoms with E-state index in [0.717, 1.165) is 5.69 Å². The van der Waals surface area contributed by atoms with Crippen LogP contribution in [0, 0.1) is 0 Å². The summed E-state index contributed by atoms with van der Waals surface area (Å²) in [7, 11) is 3.21. The average molecular weight is 531 g/mol. The maximum atomic E-state index is 13.4. The van der Waals surface area contributed by atoms with E-state index in [1.54, 1.807) is 71.0 Å². The van der Waals surface area contributed by atoms with Crippen LogP contribution in [0.4, 0.5) is 16.3 Å². The topological polar surface area (TPSA) is 113 Å². The number of para-hydroxylation sites is 2. The second-order valence-electron chi connectivity index (χ2n) is 9.13. The molecule has 0 bridgehead atoms. The van der Waals surface area contributed by atoms with Crippen LogP contribution < -0.4 is 15.0 Å². The first-order chi connectivity index (χ1) is 18.9. The van der Waals surface area contributed by atoms with Gasteiger partial charge in [-0.15, -0.1) is 0 Å². The van der Waals surface area contributed by atoms with Gasteiger partial charge in [0.2, 0.25) is 0 Å². The first kappa shape index (κ1) is 25.8. The van der Waals surface area contributed by atoms with Crippen molar-refractivity contribution in [2.45, 2.75) is 13.3 Å². The maximum absolute atomic E-state index is 13.4. The number of rotatable bonds is 6. The number of piperazine rings is 1. The second kappa shape index (κ2) is 10.9. The van der Waals surface area contributed by atoms with Gasteiger partial charge < -0.3 is 24.3 Å². The van der Waals surface area contributed by atoms with Crippen molar-refractivity contribution in [3.63, 3.8) is 0 Å². The zero-order valence-corrected chi connectivity index (χ0v) is 22.1. The van der Waals surface area contributed by atoms with E-state index >= 15 is 0 Å². The number of anilines is 2. The molecule has 1 saturated heterocycles. The SMILES string of the molecule is CCc1nc2ccc(C(=O)N3CCN(C(=O)c4ccco4)CC3)cn2c1N(C)C(=O)Nc1ccccc1OC. The number of benzene rings is 1. The third-order valence-corrected chi connectivity index (χ3v) is 6.80. The number of carbonyl (C=O) groups excluding carboxylic acids is 3. The zero-order chi connectivity index (χ0) is 27.5. The number of pyridine rings is 1. The van der Waals surface area contributed by atoms with Crippen LogP contribution in [0.2, 0.25) is 0 Å². The molecule has 5 rings (SSSR count). The number of nitrogens with one attached hydrogen (secondary N) is 1.